The van der Waals surface area contributed by atoms with Crippen molar-refractivity contribution in [2.45, 2.75) is 45.6 Å². The van der Waals surface area contributed by atoms with Gasteiger partial charge in [0.1, 0.15) is 0 Å². The van der Waals surface area contributed by atoms with E-state index in [2.05, 4.69) is 5.10 Å². The fraction of sp³-hybridized carbons (Fsp3) is 0.588. The highest BCUT2D eigenvalue weighted by Gasteiger charge is 2.26. The molecule has 132 valence electrons. The Labute approximate surface area is 143 Å². The summed E-state index contributed by atoms with van der Waals surface area (Å²) in [5, 5.41) is 5.48. The van der Waals surface area contributed by atoms with Gasteiger partial charge in [0.2, 0.25) is 10.0 Å². The van der Waals surface area contributed by atoms with Gasteiger partial charge in [-0.25, -0.2) is 8.42 Å². The second-order valence-corrected chi connectivity index (χ2v) is 9.13. The van der Waals surface area contributed by atoms with Crippen LogP contribution in [0.25, 0.3) is 10.9 Å². The molecule has 0 radical (unpaired) electrons. The van der Waals surface area contributed by atoms with E-state index in [0.29, 0.717) is 11.5 Å². The second-order valence-electron chi connectivity index (χ2n) is 7.11. The monoisotopic (exact) mass is 350 g/mol. The van der Waals surface area contributed by atoms with Gasteiger partial charge in [-0.3, -0.25) is 8.99 Å². The van der Waals surface area contributed by atoms with E-state index < -0.39 is 10.0 Å². The smallest absolute Gasteiger partial charge is 0.233 e. The summed E-state index contributed by atoms with van der Waals surface area (Å²) in [6.45, 7) is 4.04. The fourth-order valence-corrected chi connectivity index (χ4v) is 3.52. The maximum Gasteiger partial charge on any atom is 0.233 e. The molecule has 6 nitrogen and oxygen atoms in total. The number of fused-ring (bicyclic) bond motifs is 1. The molecule has 2 aromatic rings. The van der Waals surface area contributed by atoms with Gasteiger partial charge in [0.05, 0.1) is 22.8 Å². The molecule has 1 fully saturated rings. The first kappa shape index (κ1) is 17.1. The molecular weight excluding hydrogens is 324 g/mol. The molecule has 0 bridgehead atoms. The number of hydrogen-bond acceptors (Lipinski definition) is 4. The van der Waals surface area contributed by atoms with Gasteiger partial charge < -0.3 is 5.73 Å². The lowest BCUT2D eigenvalue weighted by Gasteiger charge is -2.15. The Morgan fingerprint density at radius 1 is 1.38 bits per heavy atom. The third kappa shape index (κ3) is 3.09. The zero-order valence-corrected chi connectivity index (χ0v) is 15.6. The van der Waals surface area contributed by atoms with Crippen LogP contribution in [0.1, 0.15) is 44.7 Å². The summed E-state index contributed by atoms with van der Waals surface area (Å²) in [6.07, 6.45) is 5.87. The van der Waals surface area contributed by atoms with Crippen molar-refractivity contribution >= 4 is 32.4 Å². The Balaban J connectivity index is 2.22. The van der Waals surface area contributed by atoms with Crippen molar-refractivity contribution in [2.24, 2.45) is 5.92 Å². The molecule has 0 atom stereocenters. The van der Waals surface area contributed by atoms with Crippen LogP contribution in [0, 0.1) is 5.92 Å². The molecule has 0 spiro atoms. The molecule has 1 aliphatic carbocycles. The normalized spacial score (nSPS) is 15.4. The predicted molar refractivity (Wildman–Crippen MR) is 98.8 cm³/mol. The molecule has 1 saturated carbocycles. The second kappa shape index (κ2) is 5.95. The number of anilines is 2. The summed E-state index contributed by atoms with van der Waals surface area (Å²) in [4.78, 5) is 0. The van der Waals surface area contributed by atoms with E-state index in [4.69, 9.17) is 5.73 Å². The first-order chi connectivity index (χ1) is 11.2. The average Bonchev–Trinajstić information content (AvgIpc) is 3.22. The summed E-state index contributed by atoms with van der Waals surface area (Å²) < 4.78 is 27.2. The van der Waals surface area contributed by atoms with Crippen LogP contribution in [0.3, 0.4) is 0 Å². The van der Waals surface area contributed by atoms with Gasteiger partial charge in [0, 0.05) is 13.1 Å². The van der Waals surface area contributed by atoms with E-state index in [1.165, 1.54) is 23.4 Å². The van der Waals surface area contributed by atoms with E-state index in [1.807, 2.05) is 30.7 Å². The number of aryl methyl sites for hydroxylation is 1. The molecule has 0 aliphatic heterocycles. The third-order valence-electron chi connectivity index (χ3n) is 4.75. The number of hydrogen-bond donors (Lipinski definition) is 1. The maximum absolute atomic E-state index is 12.1. The molecule has 3 rings (SSSR count). The highest BCUT2D eigenvalue weighted by atomic mass is 32.2. The standard InChI is InChI=1S/C17H26N4O2S/c1-11(2)21-16-14(18)10-9-13(8-7-12-5-6-12)15(16)17(19-21)20(3)24(4,22)23/h9-12H,5-8,18H2,1-4H3. The van der Waals surface area contributed by atoms with E-state index in [1.54, 1.807) is 7.05 Å². The minimum Gasteiger partial charge on any atom is -0.397 e. The largest absolute Gasteiger partial charge is 0.397 e. The molecule has 1 aromatic heterocycles. The lowest BCUT2D eigenvalue weighted by molar-refractivity contribution is 0.551. The molecule has 7 heteroatoms. The van der Waals surface area contributed by atoms with Gasteiger partial charge >= 0.3 is 0 Å². The van der Waals surface area contributed by atoms with Crippen LogP contribution in [0.4, 0.5) is 11.5 Å². The minimum absolute atomic E-state index is 0.0928. The summed E-state index contributed by atoms with van der Waals surface area (Å²) in [5.74, 6) is 1.29. The van der Waals surface area contributed by atoms with Crippen molar-refractivity contribution < 1.29 is 8.42 Å². The Hall–Kier alpha value is -1.76. The van der Waals surface area contributed by atoms with E-state index in [0.717, 1.165) is 35.2 Å². The van der Waals surface area contributed by atoms with Gasteiger partial charge in [-0.1, -0.05) is 18.9 Å². The first-order valence-electron chi connectivity index (χ1n) is 8.43. The fourth-order valence-electron chi connectivity index (χ4n) is 3.07. The molecule has 0 amide bonds. The van der Waals surface area contributed by atoms with Crippen LogP contribution in [0.5, 0.6) is 0 Å². The van der Waals surface area contributed by atoms with E-state index in [-0.39, 0.29) is 6.04 Å². The maximum atomic E-state index is 12.1. The van der Waals surface area contributed by atoms with Crippen molar-refractivity contribution in [3.63, 3.8) is 0 Å². The van der Waals surface area contributed by atoms with Gasteiger partial charge in [-0.05, 0) is 44.2 Å². The van der Waals surface area contributed by atoms with Crippen molar-refractivity contribution in [1.29, 1.82) is 0 Å². The molecule has 0 unspecified atom stereocenters. The van der Waals surface area contributed by atoms with Crippen LogP contribution < -0.4 is 10.0 Å². The highest BCUT2D eigenvalue weighted by molar-refractivity contribution is 7.92. The number of benzene rings is 1. The molecule has 1 aromatic carbocycles. The Kier molecular flexibility index (Phi) is 4.23. The topological polar surface area (TPSA) is 81.2 Å². The number of nitrogens with two attached hydrogens (primary N) is 1. The van der Waals surface area contributed by atoms with E-state index >= 15 is 0 Å². The number of aromatic nitrogens is 2. The van der Waals surface area contributed by atoms with Crippen LogP contribution in [0.15, 0.2) is 12.1 Å². The molecule has 1 heterocycles. The first-order valence-corrected chi connectivity index (χ1v) is 10.3. The SMILES string of the molecule is CC(C)n1nc(N(C)S(C)(=O)=O)c2c(CCC3CC3)ccc(N)c21. The lowest BCUT2D eigenvalue weighted by Crippen LogP contribution is -2.25. The minimum atomic E-state index is -3.39. The molecule has 1 aliphatic rings. The lowest BCUT2D eigenvalue weighted by atomic mass is 10.0. The summed E-state index contributed by atoms with van der Waals surface area (Å²) >= 11 is 0. The highest BCUT2D eigenvalue weighted by Crippen LogP contribution is 2.38. The number of nitrogen functional groups attached to an aromatic ring is 1. The Morgan fingerprint density at radius 2 is 2.04 bits per heavy atom. The molecule has 2 N–H and O–H groups in total. The van der Waals surface area contributed by atoms with Gasteiger partial charge in [-0.2, -0.15) is 5.10 Å². The summed E-state index contributed by atoms with van der Waals surface area (Å²) in [6, 6.07) is 4.02. The molecule has 0 saturated heterocycles. The van der Waals surface area contributed by atoms with Crippen molar-refractivity contribution in [1.82, 2.24) is 9.78 Å². The van der Waals surface area contributed by atoms with Crippen LogP contribution in [-0.4, -0.2) is 31.5 Å². The zero-order valence-electron chi connectivity index (χ0n) is 14.8. The summed E-state index contributed by atoms with van der Waals surface area (Å²) in [5.41, 5.74) is 8.82. The number of rotatable bonds is 6. The molecule has 24 heavy (non-hydrogen) atoms. The third-order valence-corrected chi connectivity index (χ3v) is 5.92. The van der Waals surface area contributed by atoms with Gasteiger partial charge in [0.15, 0.2) is 5.82 Å². The van der Waals surface area contributed by atoms with Crippen LogP contribution in [0.2, 0.25) is 0 Å². The van der Waals surface area contributed by atoms with Gasteiger partial charge in [-0.15, -0.1) is 0 Å². The average molecular weight is 350 g/mol. The van der Waals surface area contributed by atoms with Crippen molar-refractivity contribution in [3.05, 3.63) is 17.7 Å². The quantitative estimate of drug-likeness (QED) is 0.812. The van der Waals surface area contributed by atoms with Crippen LogP contribution in [-0.2, 0) is 16.4 Å². The zero-order chi connectivity index (χ0) is 17.6. The van der Waals surface area contributed by atoms with Crippen molar-refractivity contribution in [3.8, 4) is 0 Å². The number of nitrogens with zero attached hydrogens (tertiary/aromatic N) is 3. The van der Waals surface area contributed by atoms with Crippen LogP contribution >= 0.6 is 0 Å². The van der Waals surface area contributed by atoms with Crippen molar-refractivity contribution in [2.75, 3.05) is 23.3 Å². The van der Waals surface area contributed by atoms with E-state index in [9.17, 15) is 8.42 Å². The number of sulfonamides is 1. The Bertz CT molecular complexity index is 866. The predicted octanol–water partition coefficient (Wildman–Crippen LogP) is 2.94. The molecular formula is C17H26N4O2S. The summed E-state index contributed by atoms with van der Waals surface area (Å²) in [7, 11) is -1.84. The van der Waals surface area contributed by atoms with Gasteiger partial charge in [0.25, 0.3) is 0 Å². The Morgan fingerprint density at radius 3 is 2.58 bits per heavy atom.